The minimum atomic E-state index is -0.134. The summed E-state index contributed by atoms with van der Waals surface area (Å²) in [4.78, 5) is 18.9. The second kappa shape index (κ2) is 7.17. The van der Waals surface area contributed by atoms with Gasteiger partial charge in [0.15, 0.2) is 0 Å². The Hall–Kier alpha value is -1.86. The molecule has 0 aliphatic heterocycles. The molecule has 7 heteroatoms. The summed E-state index contributed by atoms with van der Waals surface area (Å²) in [6.45, 7) is 10.3. The van der Waals surface area contributed by atoms with Gasteiger partial charge in [-0.1, -0.05) is 25.2 Å². The summed E-state index contributed by atoms with van der Waals surface area (Å²) in [5.74, 6) is 0.272. The Morgan fingerprint density at radius 2 is 1.88 bits per heavy atom. The van der Waals surface area contributed by atoms with Gasteiger partial charge in [0.05, 0.1) is 4.88 Å². The molecule has 1 amide bonds. The number of thiophene rings is 1. The highest BCUT2D eigenvalue weighted by atomic mass is 32.1. The van der Waals surface area contributed by atoms with E-state index < -0.39 is 0 Å². The average molecular weight is 375 g/mol. The van der Waals surface area contributed by atoms with E-state index in [1.807, 2.05) is 13.8 Å². The average Bonchev–Trinajstić information content (AvgIpc) is 3.13. The van der Waals surface area contributed by atoms with Crippen LogP contribution in [-0.2, 0) is 0 Å². The molecule has 3 heterocycles. The van der Waals surface area contributed by atoms with Crippen molar-refractivity contribution in [2.75, 3.05) is 5.32 Å². The van der Waals surface area contributed by atoms with Gasteiger partial charge in [-0.25, -0.2) is 4.98 Å². The lowest BCUT2D eigenvalue weighted by atomic mass is 10.1. The molecule has 0 aliphatic carbocycles. The van der Waals surface area contributed by atoms with Gasteiger partial charge in [0, 0.05) is 17.0 Å². The van der Waals surface area contributed by atoms with Gasteiger partial charge in [-0.05, 0) is 50.8 Å². The molecule has 25 heavy (non-hydrogen) atoms. The molecule has 132 valence electrons. The van der Waals surface area contributed by atoms with Crippen LogP contribution in [0.2, 0.25) is 0 Å². The molecule has 0 saturated heterocycles. The van der Waals surface area contributed by atoms with Crippen LogP contribution in [0.4, 0.5) is 5.13 Å². The van der Waals surface area contributed by atoms with Crippen LogP contribution in [0.5, 0.6) is 0 Å². The third kappa shape index (κ3) is 3.43. The Bertz CT molecular complexity index is 925. The Balaban J connectivity index is 1.88. The van der Waals surface area contributed by atoms with Crippen LogP contribution in [0, 0.1) is 20.8 Å². The lowest BCUT2D eigenvalue weighted by Crippen LogP contribution is -2.11. The highest BCUT2D eigenvalue weighted by Crippen LogP contribution is 2.33. The number of amides is 1. The number of aromatic nitrogens is 3. The fourth-order valence-corrected chi connectivity index (χ4v) is 5.28. The van der Waals surface area contributed by atoms with Crippen molar-refractivity contribution >= 4 is 43.9 Å². The first kappa shape index (κ1) is 17.9. The maximum Gasteiger partial charge on any atom is 0.267 e. The third-order valence-electron chi connectivity index (χ3n) is 4.43. The van der Waals surface area contributed by atoms with Gasteiger partial charge < -0.3 is 0 Å². The Labute approximate surface area is 155 Å². The highest BCUT2D eigenvalue weighted by Gasteiger charge is 2.20. The zero-order valence-electron chi connectivity index (χ0n) is 15.1. The number of carbonyl (C=O) groups excluding carboxylic acids is 1. The van der Waals surface area contributed by atoms with E-state index in [0.717, 1.165) is 44.9 Å². The predicted octanol–water partition coefficient (Wildman–Crippen LogP) is 5.23. The minimum absolute atomic E-state index is 0.134. The molecule has 0 unspecified atom stereocenters. The van der Waals surface area contributed by atoms with Crippen molar-refractivity contribution in [2.45, 2.75) is 53.4 Å². The zero-order chi connectivity index (χ0) is 18.1. The van der Waals surface area contributed by atoms with Gasteiger partial charge in [0.2, 0.25) is 5.13 Å². The van der Waals surface area contributed by atoms with Crippen molar-refractivity contribution in [3.05, 3.63) is 32.8 Å². The van der Waals surface area contributed by atoms with Crippen molar-refractivity contribution in [3.63, 3.8) is 0 Å². The second-order valence-corrected chi connectivity index (χ2v) is 8.24. The van der Waals surface area contributed by atoms with Crippen molar-refractivity contribution < 1.29 is 4.79 Å². The number of aryl methyl sites for hydroxylation is 3. The number of carbonyl (C=O) groups is 1. The summed E-state index contributed by atoms with van der Waals surface area (Å²) in [5, 5.41) is 13.9. The first-order valence-corrected chi connectivity index (χ1v) is 10.1. The first-order chi connectivity index (χ1) is 11.9. The maximum absolute atomic E-state index is 12.7. The van der Waals surface area contributed by atoms with E-state index in [1.54, 1.807) is 0 Å². The number of anilines is 1. The molecule has 0 saturated carbocycles. The van der Waals surface area contributed by atoms with E-state index >= 15 is 0 Å². The van der Waals surface area contributed by atoms with Crippen LogP contribution in [0.25, 0.3) is 10.2 Å². The second-order valence-electron chi connectivity index (χ2n) is 6.23. The summed E-state index contributed by atoms with van der Waals surface area (Å²) in [5.41, 5.74) is 3.10. The van der Waals surface area contributed by atoms with Crippen LogP contribution in [0.1, 0.15) is 64.1 Å². The topological polar surface area (TPSA) is 67.8 Å². The van der Waals surface area contributed by atoms with Crippen LogP contribution in [0.15, 0.2) is 6.07 Å². The van der Waals surface area contributed by atoms with Gasteiger partial charge in [0.1, 0.15) is 9.84 Å². The van der Waals surface area contributed by atoms with E-state index in [-0.39, 0.29) is 5.91 Å². The van der Waals surface area contributed by atoms with Crippen molar-refractivity contribution in [1.29, 1.82) is 0 Å². The molecule has 3 aromatic rings. The number of nitrogens with one attached hydrogen (secondary N) is 1. The van der Waals surface area contributed by atoms with E-state index in [4.69, 9.17) is 0 Å². The molecule has 1 N–H and O–H groups in total. The molecule has 0 aromatic carbocycles. The molecular formula is C18H22N4OS2. The number of hydrogen-bond donors (Lipinski definition) is 1. The van der Waals surface area contributed by atoms with Gasteiger partial charge in [-0.15, -0.1) is 21.5 Å². The van der Waals surface area contributed by atoms with Gasteiger partial charge >= 0.3 is 0 Å². The quantitative estimate of drug-likeness (QED) is 0.664. The van der Waals surface area contributed by atoms with Gasteiger partial charge in [-0.2, -0.15) is 0 Å². The van der Waals surface area contributed by atoms with Crippen molar-refractivity contribution in [2.24, 2.45) is 0 Å². The van der Waals surface area contributed by atoms with Crippen LogP contribution in [0.3, 0.4) is 0 Å². The SMILES string of the molecule is CCC(CC)c1nnc(NC(=O)c2sc3nc(C)cc(C)c3c2C)s1. The normalized spacial score (nSPS) is 11.4. The zero-order valence-corrected chi connectivity index (χ0v) is 16.8. The summed E-state index contributed by atoms with van der Waals surface area (Å²) >= 11 is 2.90. The molecule has 0 atom stereocenters. The number of rotatable bonds is 5. The van der Waals surface area contributed by atoms with E-state index in [9.17, 15) is 4.79 Å². The van der Waals surface area contributed by atoms with Gasteiger partial charge in [-0.3, -0.25) is 10.1 Å². The molecule has 0 fully saturated rings. The first-order valence-electron chi connectivity index (χ1n) is 8.46. The maximum atomic E-state index is 12.7. The monoisotopic (exact) mass is 374 g/mol. The van der Waals surface area contributed by atoms with Crippen LogP contribution >= 0.6 is 22.7 Å². The molecule has 0 bridgehead atoms. The molecular weight excluding hydrogens is 352 g/mol. The van der Waals surface area contributed by atoms with Gasteiger partial charge in [0.25, 0.3) is 5.91 Å². The highest BCUT2D eigenvalue weighted by molar-refractivity contribution is 7.21. The molecule has 0 spiro atoms. The molecule has 0 radical (unpaired) electrons. The molecule has 0 aliphatic rings. The third-order valence-corrected chi connectivity index (χ3v) is 6.61. The minimum Gasteiger partial charge on any atom is -0.296 e. The van der Waals surface area contributed by atoms with E-state index in [0.29, 0.717) is 15.9 Å². The Morgan fingerprint density at radius 3 is 2.56 bits per heavy atom. The summed E-state index contributed by atoms with van der Waals surface area (Å²) < 4.78 is 0. The number of pyridine rings is 1. The summed E-state index contributed by atoms with van der Waals surface area (Å²) in [6, 6.07) is 2.05. The summed E-state index contributed by atoms with van der Waals surface area (Å²) in [6.07, 6.45) is 2.05. The number of fused-ring (bicyclic) bond motifs is 1. The Kier molecular flexibility index (Phi) is 5.15. The predicted molar refractivity (Wildman–Crippen MR) is 105 cm³/mol. The lowest BCUT2D eigenvalue weighted by Gasteiger charge is -2.05. The fourth-order valence-electron chi connectivity index (χ4n) is 3.08. The van der Waals surface area contributed by atoms with Crippen LogP contribution in [-0.4, -0.2) is 21.1 Å². The largest absolute Gasteiger partial charge is 0.296 e. The molecule has 3 aromatic heterocycles. The smallest absolute Gasteiger partial charge is 0.267 e. The standard InChI is InChI=1S/C18H22N4OS2/c1-6-12(7-2)16-21-22-18(25-16)20-15(23)14-11(5)13-9(3)8-10(4)19-17(13)24-14/h8,12H,6-7H2,1-5H3,(H,20,22,23). The van der Waals surface area contributed by atoms with E-state index in [1.165, 1.54) is 22.7 Å². The number of hydrogen-bond acceptors (Lipinski definition) is 6. The van der Waals surface area contributed by atoms with Crippen molar-refractivity contribution in [3.8, 4) is 0 Å². The van der Waals surface area contributed by atoms with E-state index in [2.05, 4.69) is 47.3 Å². The Morgan fingerprint density at radius 1 is 1.16 bits per heavy atom. The fraction of sp³-hybridized carbons (Fsp3) is 0.444. The summed E-state index contributed by atoms with van der Waals surface area (Å²) in [7, 11) is 0. The lowest BCUT2D eigenvalue weighted by molar-refractivity contribution is 0.103. The molecule has 3 rings (SSSR count). The molecule has 5 nitrogen and oxygen atoms in total. The van der Waals surface area contributed by atoms with Crippen molar-refractivity contribution in [1.82, 2.24) is 15.2 Å². The van der Waals surface area contributed by atoms with Crippen LogP contribution < -0.4 is 5.32 Å². The number of nitrogens with zero attached hydrogens (tertiary/aromatic N) is 3.